The Kier molecular flexibility index (Phi) is 4.63. The Morgan fingerprint density at radius 2 is 1.65 bits per heavy atom. The molecule has 0 radical (unpaired) electrons. The topological polar surface area (TPSA) is 29.9 Å². The minimum atomic E-state index is 0.655. The van der Waals surface area contributed by atoms with Gasteiger partial charge in [0.2, 0.25) is 0 Å². The van der Waals surface area contributed by atoms with Gasteiger partial charge in [0.1, 0.15) is 5.82 Å². The number of benzene rings is 3. The Balaban J connectivity index is 1.67. The first kappa shape index (κ1) is 16.7. The van der Waals surface area contributed by atoms with Crippen LogP contribution in [0.5, 0.6) is 0 Å². The van der Waals surface area contributed by atoms with E-state index in [1.807, 2.05) is 36.4 Å². The summed E-state index contributed by atoms with van der Waals surface area (Å²) in [5, 5.41) is 4.25. The zero-order valence-corrected chi connectivity index (χ0v) is 15.4. The molecule has 1 N–H and O–H groups in total. The van der Waals surface area contributed by atoms with Crippen LogP contribution in [0, 0.1) is 6.92 Å². The first-order chi connectivity index (χ1) is 12.7. The monoisotopic (exact) mass is 361 g/mol. The highest BCUT2D eigenvalue weighted by Crippen LogP contribution is 2.22. The third-order valence-corrected chi connectivity index (χ3v) is 4.89. The molecule has 0 spiro atoms. The van der Waals surface area contributed by atoms with Crippen molar-refractivity contribution in [3.05, 3.63) is 94.8 Å². The number of aromatic nitrogens is 2. The summed E-state index contributed by atoms with van der Waals surface area (Å²) in [6.07, 6.45) is 0. The van der Waals surface area contributed by atoms with E-state index in [2.05, 4.69) is 53.2 Å². The second-order valence-corrected chi connectivity index (χ2v) is 6.82. The lowest BCUT2D eigenvalue weighted by molar-refractivity contribution is 0.757. The molecule has 0 saturated heterocycles. The molecule has 0 aliphatic heterocycles. The van der Waals surface area contributed by atoms with Crippen LogP contribution >= 0.6 is 11.6 Å². The second-order valence-electron chi connectivity index (χ2n) is 6.41. The zero-order valence-electron chi connectivity index (χ0n) is 14.6. The average Bonchev–Trinajstić information content (AvgIpc) is 3.01. The highest BCUT2D eigenvalue weighted by molar-refractivity contribution is 6.31. The van der Waals surface area contributed by atoms with Crippen molar-refractivity contribution in [2.45, 2.75) is 20.0 Å². The molecule has 130 valence electrons. The summed E-state index contributed by atoms with van der Waals surface area (Å²) in [5.41, 5.74) is 5.55. The maximum Gasteiger partial charge on any atom is 0.129 e. The standard InChI is InChI=1S/C22H20ClN3/c1-16-10-12-18(13-11-16)24-14-22-25-20-8-4-5-9-21(20)26(22)15-17-6-2-3-7-19(17)23/h2-13,24H,14-15H2,1H3. The largest absolute Gasteiger partial charge is 0.378 e. The van der Waals surface area contributed by atoms with E-state index in [1.165, 1.54) is 5.56 Å². The van der Waals surface area contributed by atoms with Crippen molar-refractivity contribution in [3.8, 4) is 0 Å². The fourth-order valence-corrected chi connectivity index (χ4v) is 3.28. The zero-order chi connectivity index (χ0) is 17.9. The molecule has 0 amide bonds. The van der Waals surface area contributed by atoms with Crippen molar-refractivity contribution in [1.29, 1.82) is 0 Å². The number of imidazole rings is 1. The number of anilines is 1. The molecule has 4 rings (SSSR count). The van der Waals surface area contributed by atoms with E-state index in [4.69, 9.17) is 16.6 Å². The molecule has 26 heavy (non-hydrogen) atoms. The van der Waals surface area contributed by atoms with Gasteiger partial charge in [0.15, 0.2) is 0 Å². The van der Waals surface area contributed by atoms with Gasteiger partial charge in [-0.05, 0) is 42.8 Å². The second kappa shape index (κ2) is 7.22. The predicted molar refractivity (Wildman–Crippen MR) is 109 cm³/mol. The molecular formula is C22H20ClN3. The Hall–Kier alpha value is -2.78. The third-order valence-electron chi connectivity index (χ3n) is 4.52. The molecule has 0 bridgehead atoms. The molecule has 1 heterocycles. The lowest BCUT2D eigenvalue weighted by atomic mass is 10.2. The molecule has 0 unspecified atom stereocenters. The first-order valence-electron chi connectivity index (χ1n) is 8.69. The van der Waals surface area contributed by atoms with E-state index in [0.29, 0.717) is 13.1 Å². The van der Waals surface area contributed by atoms with Gasteiger partial charge in [-0.15, -0.1) is 0 Å². The summed E-state index contributed by atoms with van der Waals surface area (Å²) in [5.74, 6) is 0.992. The summed E-state index contributed by atoms with van der Waals surface area (Å²) in [4.78, 5) is 4.83. The van der Waals surface area contributed by atoms with Crippen molar-refractivity contribution in [1.82, 2.24) is 9.55 Å². The SMILES string of the molecule is Cc1ccc(NCc2nc3ccccc3n2Cc2ccccc2Cl)cc1. The highest BCUT2D eigenvalue weighted by Gasteiger charge is 2.12. The van der Waals surface area contributed by atoms with Crippen LogP contribution in [-0.2, 0) is 13.1 Å². The van der Waals surface area contributed by atoms with Crippen LogP contribution in [0.2, 0.25) is 5.02 Å². The number of fused-ring (bicyclic) bond motifs is 1. The van der Waals surface area contributed by atoms with Crippen LogP contribution in [0.25, 0.3) is 11.0 Å². The van der Waals surface area contributed by atoms with Crippen LogP contribution < -0.4 is 5.32 Å². The lowest BCUT2D eigenvalue weighted by Gasteiger charge is -2.12. The number of halogens is 1. The van der Waals surface area contributed by atoms with Crippen molar-refractivity contribution in [3.63, 3.8) is 0 Å². The number of nitrogens with one attached hydrogen (secondary N) is 1. The quantitative estimate of drug-likeness (QED) is 0.497. The Morgan fingerprint density at radius 1 is 0.923 bits per heavy atom. The van der Waals surface area contributed by atoms with Gasteiger partial charge in [-0.3, -0.25) is 0 Å². The maximum atomic E-state index is 6.38. The number of hydrogen-bond acceptors (Lipinski definition) is 2. The van der Waals surface area contributed by atoms with E-state index < -0.39 is 0 Å². The maximum absolute atomic E-state index is 6.38. The van der Waals surface area contributed by atoms with Gasteiger partial charge in [0.05, 0.1) is 24.1 Å². The Labute approximate surface area is 158 Å². The molecular weight excluding hydrogens is 342 g/mol. The molecule has 3 aromatic carbocycles. The van der Waals surface area contributed by atoms with Gasteiger partial charge in [-0.2, -0.15) is 0 Å². The van der Waals surface area contributed by atoms with Crippen molar-refractivity contribution < 1.29 is 0 Å². The molecule has 0 aliphatic carbocycles. The summed E-state index contributed by atoms with van der Waals surface area (Å²) >= 11 is 6.38. The van der Waals surface area contributed by atoms with E-state index in [1.54, 1.807) is 0 Å². The summed E-state index contributed by atoms with van der Waals surface area (Å²) in [7, 11) is 0. The van der Waals surface area contributed by atoms with Gasteiger partial charge in [-0.1, -0.05) is 59.6 Å². The van der Waals surface area contributed by atoms with Gasteiger partial charge < -0.3 is 9.88 Å². The number of nitrogens with zero attached hydrogens (tertiary/aromatic N) is 2. The smallest absolute Gasteiger partial charge is 0.129 e. The first-order valence-corrected chi connectivity index (χ1v) is 9.06. The fourth-order valence-electron chi connectivity index (χ4n) is 3.09. The highest BCUT2D eigenvalue weighted by atomic mass is 35.5. The Bertz CT molecular complexity index is 1030. The van der Waals surface area contributed by atoms with Crippen LogP contribution in [0.3, 0.4) is 0 Å². The minimum Gasteiger partial charge on any atom is -0.378 e. The van der Waals surface area contributed by atoms with Gasteiger partial charge in [-0.25, -0.2) is 4.98 Å². The van der Waals surface area contributed by atoms with Crippen LogP contribution in [0.15, 0.2) is 72.8 Å². The van der Waals surface area contributed by atoms with E-state index in [9.17, 15) is 0 Å². The number of aryl methyl sites for hydroxylation is 1. The molecule has 0 saturated carbocycles. The van der Waals surface area contributed by atoms with Crippen molar-refractivity contribution in [2.75, 3.05) is 5.32 Å². The van der Waals surface area contributed by atoms with Gasteiger partial charge in [0.25, 0.3) is 0 Å². The van der Waals surface area contributed by atoms with E-state index in [-0.39, 0.29) is 0 Å². The molecule has 0 aliphatic rings. The molecule has 4 heteroatoms. The van der Waals surface area contributed by atoms with Crippen molar-refractivity contribution in [2.24, 2.45) is 0 Å². The normalized spacial score (nSPS) is 11.0. The summed E-state index contributed by atoms with van der Waals surface area (Å²) in [6, 6.07) is 24.6. The third kappa shape index (κ3) is 3.44. The molecule has 1 aromatic heterocycles. The molecule has 0 fully saturated rings. The van der Waals surface area contributed by atoms with Crippen molar-refractivity contribution >= 4 is 28.3 Å². The lowest BCUT2D eigenvalue weighted by Crippen LogP contribution is -2.10. The van der Waals surface area contributed by atoms with Gasteiger partial charge in [0, 0.05) is 10.7 Å². The van der Waals surface area contributed by atoms with E-state index in [0.717, 1.165) is 33.1 Å². The van der Waals surface area contributed by atoms with E-state index >= 15 is 0 Å². The predicted octanol–water partition coefficient (Wildman–Crippen LogP) is 5.66. The molecule has 3 nitrogen and oxygen atoms in total. The molecule has 4 aromatic rings. The molecule has 0 atom stereocenters. The number of hydrogen-bond donors (Lipinski definition) is 1. The minimum absolute atomic E-state index is 0.655. The number of rotatable bonds is 5. The van der Waals surface area contributed by atoms with Crippen LogP contribution in [0.1, 0.15) is 17.0 Å². The van der Waals surface area contributed by atoms with Gasteiger partial charge >= 0.3 is 0 Å². The Morgan fingerprint density at radius 3 is 2.46 bits per heavy atom. The number of para-hydroxylation sites is 2. The average molecular weight is 362 g/mol. The van der Waals surface area contributed by atoms with Crippen LogP contribution in [-0.4, -0.2) is 9.55 Å². The summed E-state index contributed by atoms with van der Waals surface area (Å²) < 4.78 is 2.23. The fraction of sp³-hybridized carbons (Fsp3) is 0.136. The summed E-state index contributed by atoms with van der Waals surface area (Å²) in [6.45, 7) is 3.44. The van der Waals surface area contributed by atoms with Crippen LogP contribution in [0.4, 0.5) is 5.69 Å².